The molecule has 0 atom stereocenters. The molecule has 0 bridgehead atoms. The highest BCUT2D eigenvalue weighted by molar-refractivity contribution is 5.96. The lowest BCUT2D eigenvalue weighted by Crippen LogP contribution is -2.10. The summed E-state index contributed by atoms with van der Waals surface area (Å²) < 4.78 is 52.8. The van der Waals surface area contributed by atoms with Crippen LogP contribution in [0.15, 0.2) is 30.5 Å². The fraction of sp³-hybridized carbons (Fsp3) is 0.286. The van der Waals surface area contributed by atoms with Crippen LogP contribution in [0.1, 0.15) is 28.0 Å². The van der Waals surface area contributed by atoms with Crippen molar-refractivity contribution in [1.82, 2.24) is 9.78 Å². The number of carbonyl (C=O) groups excluding carboxylic acids is 1. The van der Waals surface area contributed by atoms with Crippen LogP contribution in [-0.2, 0) is 19.6 Å². The van der Waals surface area contributed by atoms with Crippen molar-refractivity contribution in [3.63, 3.8) is 0 Å². The Morgan fingerprint density at radius 2 is 2.00 bits per heavy atom. The molecule has 1 heterocycles. The summed E-state index contributed by atoms with van der Waals surface area (Å²) in [6.07, 6.45) is -2.86. The van der Waals surface area contributed by atoms with E-state index in [1.54, 1.807) is 24.0 Å². The molecule has 21 heavy (non-hydrogen) atoms. The lowest BCUT2D eigenvalue weighted by Gasteiger charge is -2.09. The van der Waals surface area contributed by atoms with Crippen molar-refractivity contribution in [3.8, 4) is 0 Å². The van der Waals surface area contributed by atoms with E-state index >= 15 is 0 Å². The lowest BCUT2D eigenvalue weighted by atomic mass is 10.0. The van der Waals surface area contributed by atoms with Crippen LogP contribution >= 0.6 is 0 Å². The maximum Gasteiger partial charge on any atom is 0.416 e. The maximum atomic E-state index is 13.5. The van der Waals surface area contributed by atoms with E-state index in [-0.39, 0.29) is 12.8 Å². The van der Waals surface area contributed by atoms with Gasteiger partial charge in [-0.15, -0.1) is 0 Å². The highest BCUT2D eigenvalue weighted by Gasteiger charge is 2.31. The SMILES string of the molecule is Cn1nccc1CCC(=O)c1cc(C(F)(F)F)ccc1F. The van der Waals surface area contributed by atoms with Crippen LogP contribution in [0.4, 0.5) is 17.6 Å². The summed E-state index contributed by atoms with van der Waals surface area (Å²) >= 11 is 0. The van der Waals surface area contributed by atoms with E-state index < -0.39 is 28.9 Å². The molecule has 0 fully saturated rings. The number of alkyl halides is 3. The molecular weight excluding hydrogens is 288 g/mol. The number of benzene rings is 1. The zero-order valence-electron chi connectivity index (χ0n) is 11.1. The monoisotopic (exact) mass is 300 g/mol. The highest BCUT2D eigenvalue weighted by atomic mass is 19.4. The number of ketones is 1. The maximum absolute atomic E-state index is 13.5. The van der Waals surface area contributed by atoms with Gasteiger partial charge in [-0.1, -0.05) is 0 Å². The molecule has 2 rings (SSSR count). The van der Waals surface area contributed by atoms with Crippen molar-refractivity contribution in [3.05, 3.63) is 53.1 Å². The average molecular weight is 300 g/mol. The molecule has 0 amide bonds. The normalized spacial score (nSPS) is 11.7. The Labute approximate surface area is 118 Å². The van der Waals surface area contributed by atoms with E-state index in [1.165, 1.54) is 0 Å². The topological polar surface area (TPSA) is 34.9 Å². The predicted molar refractivity (Wildman–Crippen MR) is 67.3 cm³/mol. The molecule has 0 aliphatic heterocycles. The summed E-state index contributed by atoms with van der Waals surface area (Å²) in [7, 11) is 1.69. The van der Waals surface area contributed by atoms with Gasteiger partial charge in [-0.05, 0) is 30.7 Å². The van der Waals surface area contributed by atoms with Crippen LogP contribution in [-0.4, -0.2) is 15.6 Å². The zero-order chi connectivity index (χ0) is 15.6. The smallest absolute Gasteiger partial charge is 0.294 e. The Balaban J connectivity index is 2.17. The van der Waals surface area contributed by atoms with Gasteiger partial charge in [-0.3, -0.25) is 9.48 Å². The lowest BCUT2D eigenvalue weighted by molar-refractivity contribution is -0.137. The van der Waals surface area contributed by atoms with Crippen molar-refractivity contribution in [2.24, 2.45) is 7.05 Å². The van der Waals surface area contributed by atoms with E-state index in [4.69, 9.17) is 0 Å². The predicted octanol–water partition coefficient (Wildman–Crippen LogP) is 3.39. The van der Waals surface area contributed by atoms with Crippen molar-refractivity contribution in [1.29, 1.82) is 0 Å². The molecule has 0 radical (unpaired) electrons. The van der Waals surface area contributed by atoms with Gasteiger partial charge >= 0.3 is 6.18 Å². The summed E-state index contributed by atoms with van der Waals surface area (Å²) in [6.45, 7) is 0. The molecule has 3 nitrogen and oxygen atoms in total. The summed E-state index contributed by atoms with van der Waals surface area (Å²) in [5, 5.41) is 3.91. The van der Waals surface area contributed by atoms with Crippen LogP contribution < -0.4 is 0 Å². The number of aryl methyl sites for hydroxylation is 2. The Kier molecular flexibility index (Phi) is 4.11. The molecule has 0 spiro atoms. The van der Waals surface area contributed by atoms with Crippen LogP contribution in [0.25, 0.3) is 0 Å². The second-order valence-electron chi connectivity index (χ2n) is 4.56. The number of halogens is 4. The fourth-order valence-corrected chi connectivity index (χ4v) is 1.94. The minimum Gasteiger partial charge on any atom is -0.294 e. The number of aromatic nitrogens is 2. The molecule has 0 saturated heterocycles. The molecule has 0 N–H and O–H groups in total. The third-order valence-electron chi connectivity index (χ3n) is 3.12. The van der Waals surface area contributed by atoms with Gasteiger partial charge in [0.1, 0.15) is 5.82 Å². The minimum absolute atomic E-state index is 0.0856. The highest BCUT2D eigenvalue weighted by Crippen LogP contribution is 2.30. The van der Waals surface area contributed by atoms with Gasteiger partial charge < -0.3 is 0 Å². The molecule has 0 saturated carbocycles. The molecule has 2 aromatic rings. The van der Waals surface area contributed by atoms with Gasteiger partial charge in [-0.2, -0.15) is 18.3 Å². The van der Waals surface area contributed by atoms with E-state index in [2.05, 4.69) is 5.10 Å². The zero-order valence-corrected chi connectivity index (χ0v) is 11.1. The van der Waals surface area contributed by atoms with Gasteiger partial charge in [0, 0.05) is 25.4 Å². The Hall–Kier alpha value is -2.18. The standard InChI is InChI=1S/C14H12F4N2O/c1-20-10(6-7-19-20)3-5-13(21)11-8-9(14(16,17)18)2-4-12(11)15/h2,4,6-8H,3,5H2,1H3. The fourth-order valence-electron chi connectivity index (χ4n) is 1.94. The molecule has 0 aliphatic rings. The number of hydrogen-bond donors (Lipinski definition) is 0. The van der Waals surface area contributed by atoms with E-state index in [0.717, 1.165) is 5.69 Å². The molecule has 1 aromatic carbocycles. The molecule has 0 aliphatic carbocycles. The van der Waals surface area contributed by atoms with Crippen LogP contribution in [0.2, 0.25) is 0 Å². The van der Waals surface area contributed by atoms with Gasteiger partial charge in [0.05, 0.1) is 11.1 Å². The molecule has 7 heteroatoms. The Bertz CT molecular complexity index is 661. The first-order valence-corrected chi connectivity index (χ1v) is 6.16. The Morgan fingerprint density at radius 1 is 1.29 bits per heavy atom. The summed E-state index contributed by atoms with van der Waals surface area (Å²) in [5.74, 6) is -1.61. The van der Waals surface area contributed by atoms with Gasteiger partial charge in [-0.25, -0.2) is 4.39 Å². The largest absolute Gasteiger partial charge is 0.416 e. The Morgan fingerprint density at radius 3 is 2.57 bits per heavy atom. The van der Waals surface area contributed by atoms with E-state index in [0.29, 0.717) is 18.2 Å². The second-order valence-corrected chi connectivity index (χ2v) is 4.56. The molecule has 112 valence electrons. The quantitative estimate of drug-likeness (QED) is 0.641. The summed E-state index contributed by atoms with van der Waals surface area (Å²) in [6, 6.07) is 3.53. The van der Waals surface area contributed by atoms with E-state index in [1.807, 2.05) is 0 Å². The number of hydrogen-bond acceptors (Lipinski definition) is 2. The summed E-state index contributed by atoms with van der Waals surface area (Å²) in [5.41, 5.74) is -0.824. The van der Waals surface area contributed by atoms with Crippen LogP contribution in [0, 0.1) is 5.82 Å². The molecule has 0 unspecified atom stereocenters. The number of rotatable bonds is 4. The number of Topliss-reactive ketones (excluding diaryl/α,β-unsaturated/α-hetero) is 1. The molecule has 1 aromatic heterocycles. The first-order valence-electron chi connectivity index (χ1n) is 6.16. The third kappa shape index (κ3) is 3.48. The third-order valence-corrected chi connectivity index (χ3v) is 3.12. The van der Waals surface area contributed by atoms with Crippen molar-refractivity contribution >= 4 is 5.78 Å². The average Bonchev–Trinajstić information content (AvgIpc) is 2.80. The number of nitrogens with zero attached hydrogens (tertiary/aromatic N) is 2. The van der Waals surface area contributed by atoms with Crippen LogP contribution in [0.3, 0.4) is 0 Å². The van der Waals surface area contributed by atoms with Crippen molar-refractivity contribution in [2.45, 2.75) is 19.0 Å². The van der Waals surface area contributed by atoms with Gasteiger partial charge in [0.15, 0.2) is 5.78 Å². The van der Waals surface area contributed by atoms with Crippen LogP contribution in [0.5, 0.6) is 0 Å². The summed E-state index contributed by atoms with van der Waals surface area (Å²) in [4.78, 5) is 11.9. The van der Waals surface area contributed by atoms with Crippen molar-refractivity contribution < 1.29 is 22.4 Å². The number of carbonyl (C=O) groups is 1. The first kappa shape index (κ1) is 15.2. The van der Waals surface area contributed by atoms with Gasteiger partial charge in [0.25, 0.3) is 0 Å². The van der Waals surface area contributed by atoms with E-state index in [9.17, 15) is 22.4 Å². The van der Waals surface area contributed by atoms with Crippen molar-refractivity contribution in [2.75, 3.05) is 0 Å². The minimum atomic E-state index is -4.61. The first-order chi connectivity index (χ1) is 9.79. The second kappa shape index (κ2) is 5.67. The molecular formula is C14H12F4N2O. The van der Waals surface area contributed by atoms with Gasteiger partial charge in [0.2, 0.25) is 0 Å².